The molecule has 0 unspecified atom stereocenters. The Morgan fingerprint density at radius 3 is 1.02 bits per heavy atom. The van der Waals surface area contributed by atoms with E-state index in [2.05, 4.69) is 24.5 Å². The van der Waals surface area contributed by atoms with Crippen LogP contribution in [0.25, 0.3) is 0 Å². The van der Waals surface area contributed by atoms with Crippen molar-refractivity contribution >= 4 is 22.7 Å². The van der Waals surface area contributed by atoms with Gasteiger partial charge >= 0.3 is 0 Å². The fourth-order valence-corrected chi connectivity index (χ4v) is 4.39. The maximum atomic E-state index is 10.5. The summed E-state index contributed by atoms with van der Waals surface area (Å²) in [4.78, 5) is 20.3. The van der Waals surface area contributed by atoms with Crippen LogP contribution in [-0.4, -0.2) is 22.9 Å². The molecule has 2 N–H and O–H groups in total. The van der Waals surface area contributed by atoms with Gasteiger partial charge in [0.15, 0.2) is 0 Å². The number of nitro benzene ring substituents is 2. The summed E-state index contributed by atoms with van der Waals surface area (Å²) in [5.41, 5.74) is 2.20. The van der Waals surface area contributed by atoms with Crippen molar-refractivity contribution in [3.05, 3.63) is 68.8 Å². The highest BCUT2D eigenvalue weighted by molar-refractivity contribution is 5.49. The number of nitrogens with zero attached hydrogens (tertiary/aromatic N) is 2. The summed E-state index contributed by atoms with van der Waals surface area (Å²) < 4.78 is 0. The minimum Gasteiger partial charge on any atom is -0.385 e. The first kappa shape index (κ1) is 34.9. The maximum absolute atomic E-state index is 10.5. The lowest BCUT2D eigenvalue weighted by molar-refractivity contribution is -0.385. The third kappa shape index (κ3) is 18.2. The highest BCUT2D eigenvalue weighted by atomic mass is 16.6. The van der Waals surface area contributed by atoms with Crippen LogP contribution in [0, 0.1) is 20.2 Å². The molecular formula is C32H52N4O4. The van der Waals surface area contributed by atoms with Gasteiger partial charge in [0.1, 0.15) is 0 Å². The molecule has 224 valence electrons. The summed E-state index contributed by atoms with van der Waals surface area (Å²) in [6.07, 6.45) is 20.9. The molecule has 0 amide bonds. The number of hydrogen-bond donors (Lipinski definition) is 2. The number of nitrogens with one attached hydrogen (secondary N) is 2. The van der Waals surface area contributed by atoms with Crippen molar-refractivity contribution in [2.75, 3.05) is 23.7 Å². The summed E-state index contributed by atoms with van der Waals surface area (Å²) in [5.74, 6) is 0. The monoisotopic (exact) mass is 556 g/mol. The van der Waals surface area contributed by atoms with Gasteiger partial charge in [0.2, 0.25) is 0 Å². The minimum absolute atomic E-state index is 0.141. The average molecular weight is 557 g/mol. The molecule has 2 aromatic carbocycles. The van der Waals surface area contributed by atoms with Crippen LogP contribution in [0.3, 0.4) is 0 Å². The molecule has 0 aliphatic heterocycles. The molecule has 8 nitrogen and oxygen atoms in total. The van der Waals surface area contributed by atoms with E-state index in [1.54, 1.807) is 24.3 Å². The van der Waals surface area contributed by atoms with Gasteiger partial charge in [-0.1, -0.05) is 104 Å². The lowest BCUT2D eigenvalue weighted by Crippen LogP contribution is -2.01. The lowest BCUT2D eigenvalue weighted by atomic mass is 10.1. The Morgan fingerprint density at radius 1 is 0.475 bits per heavy atom. The lowest BCUT2D eigenvalue weighted by Gasteiger charge is -2.06. The van der Waals surface area contributed by atoms with E-state index in [0.717, 1.165) is 37.3 Å². The second-order valence-corrected chi connectivity index (χ2v) is 10.4. The summed E-state index contributed by atoms with van der Waals surface area (Å²) in [6.45, 7) is 6.35. The first-order valence-corrected chi connectivity index (χ1v) is 15.4. The third-order valence-electron chi connectivity index (χ3n) is 6.88. The fourth-order valence-electron chi connectivity index (χ4n) is 4.39. The largest absolute Gasteiger partial charge is 0.385 e. The number of rotatable bonds is 22. The van der Waals surface area contributed by atoms with Crippen molar-refractivity contribution in [1.29, 1.82) is 0 Å². The van der Waals surface area contributed by atoms with E-state index in [1.807, 2.05) is 0 Å². The molecule has 0 spiro atoms. The molecule has 0 fully saturated rings. The van der Waals surface area contributed by atoms with Crippen LogP contribution in [0.5, 0.6) is 0 Å². The molecule has 0 radical (unpaired) electrons. The van der Waals surface area contributed by atoms with Crippen LogP contribution in [0.1, 0.15) is 117 Å². The van der Waals surface area contributed by atoms with Crippen LogP contribution < -0.4 is 10.6 Å². The molecule has 2 rings (SSSR count). The zero-order valence-electron chi connectivity index (χ0n) is 24.9. The van der Waals surface area contributed by atoms with E-state index in [9.17, 15) is 20.2 Å². The Bertz CT molecular complexity index is 829. The Balaban J connectivity index is 0.000000400. The topological polar surface area (TPSA) is 110 Å². The third-order valence-corrected chi connectivity index (χ3v) is 6.88. The van der Waals surface area contributed by atoms with Crippen molar-refractivity contribution in [2.45, 2.75) is 117 Å². The second kappa shape index (κ2) is 23.7. The van der Waals surface area contributed by atoms with Crippen LogP contribution in [0.2, 0.25) is 0 Å². The number of unbranched alkanes of at least 4 members (excludes halogenated alkanes) is 14. The molecule has 40 heavy (non-hydrogen) atoms. The van der Waals surface area contributed by atoms with Crippen LogP contribution >= 0.6 is 0 Å². The Kier molecular flexibility index (Phi) is 20.7. The number of non-ortho nitro benzene ring substituents is 2. The number of benzene rings is 2. The number of nitro groups is 2. The molecular weight excluding hydrogens is 504 g/mol. The van der Waals surface area contributed by atoms with Crippen molar-refractivity contribution in [3.63, 3.8) is 0 Å². The standard InChI is InChI=1S/2C16H26N2O2/c2*1-2-3-4-5-6-7-8-9-14-17-15-10-12-16(13-11-15)18(19)20/h2*10-13,17H,2-9,14H2,1H3. The van der Waals surface area contributed by atoms with Crippen LogP contribution in [0.4, 0.5) is 22.7 Å². The number of hydrogen-bond acceptors (Lipinski definition) is 6. The van der Waals surface area contributed by atoms with Crippen molar-refractivity contribution < 1.29 is 9.85 Å². The van der Waals surface area contributed by atoms with Gasteiger partial charge in [0.05, 0.1) is 9.85 Å². The second-order valence-electron chi connectivity index (χ2n) is 10.4. The summed E-state index contributed by atoms with van der Waals surface area (Å²) in [5, 5.41) is 27.6. The van der Waals surface area contributed by atoms with Crippen molar-refractivity contribution in [1.82, 2.24) is 0 Å². The summed E-state index contributed by atoms with van der Waals surface area (Å²) in [6, 6.07) is 13.2. The number of anilines is 2. The molecule has 2 aromatic rings. The van der Waals surface area contributed by atoms with E-state index in [1.165, 1.54) is 114 Å². The van der Waals surface area contributed by atoms with Gasteiger partial charge in [0.25, 0.3) is 11.4 Å². The summed E-state index contributed by atoms with van der Waals surface area (Å²) in [7, 11) is 0. The molecule has 8 heteroatoms. The normalized spacial score (nSPS) is 10.4. The van der Waals surface area contributed by atoms with Gasteiger partial charge in [0, 0.05) is 48.7 Å². The van der Waals surface area contributed by atoms with Crippen molar-refractivity contribution in [2.24, 2.45) is 0 Å². The zero-order valence-corrected chi connectivity index (χ0v) is 24.9. The Hall–Kier alpha value is -3.16. The Morgan fingerprint density at radius 2 is 0.750 bits per heavy atom. The first-order chi connectivity index (χ1) is 19.5. The van der Waals surface area contributed by atoms with Crippen LogP contribution in [-0.2, 0) is 0 Å². The van der Waals surface area contributed by atoms with E-state index >= 15 is 0 Å². The quantitative estimate of drug-likeness (QED) is 0.0847. The van der Waals surface area contributed by atoms with Gasteiger partial charge < -0.3 is 10.6 Å². The van der Waals surface area contributed by atoms with E-state index in [4.69, 9.17) is 0 Å². The van der Waals surface area contributed by atoms with Gasteiger partial charge in [-0.25, -0.2) is 0 Å². The molecule has 0 saturated heterocycles. The molecule has 0 aromatic heterocycles. The predicted octanol–water partition coefficient (Wildman–Crippen LogP) is 10.3. The van der Waals surface area contributed by atoms with E-state index in [0.29, 0.717) is 0 Å². The maximum Gasteiger partial charge on any atom is 0.269 e. The summed E-state index contributed by atoms with van der Waals surface area (Å²) >= 11 is 0. The Labute approximate surface area is 241 Å². The van der Waals surface area contributed by atoms with E-state index < -0.39 is 0 Å². The van der Waals surface area contributed by atoms with Gasteiger partial charge in [-0.15, -0.1) is 0 Å². The van der Waals surface area contributed by atoms with Gasteiger partial charge in [-0.05, 0) is 37.1 Å². The SMILES string of the molecule is CCCCCCCCCCNc1ccc([N+](=O)[O-])cc1.CCCCCCCCCCNc1ccc([N+](=O)[O-])cc1. The van der Waals surface area contributed by atoms with Gasteiger partial charge in [-0.3, -0.25) is 20.2 Å². The fraction of sp³-hybridized carbons (Fsp3) is 0.625. The van der Waals surface area contributed by atoms with Gasteiger partial charge in [-0.2, -0.15) is 0 Å². The average Bonchev–Trinajstić information content (AvgIpc) is 2.96. The molecule has 0 aliphatic rings. The smallest absolute Gasteiger partial charge is 0.269 e. The molecule has 0 bridgehead atoms. The highest BCUT2D eigenvalue weighted by Crippen LogP contribution is 2.17. The molecule has 0 aliphatic carbocycles. The first-order valence-electron chi connectivity index (χ1n) is 15.4. The van der Waals surface area contributed by atoms with E-state index in [-0.39, 0.29) is 21.2 Å². The molecule has 0 heterocycles. The minimum atomic E-state index is -0.373. The highest BCUT2D eigenvalue weighted by Gasteiger charge is 2.04. The predicted molar refractivity (Wildman–Crippen MR) is 168 cm³/mol. The van der Waals surface area contributed by atoms with Crippen molar-refractivity contribution in [3.8, 4) is 0 Å². The zero-order chi connectivity index (χ0) is 29.3. The van der Waals surface area contributed by atoms with Crippen LogP contribution in [0.15, 0.2) is 48.5 Å². The molecule has 0 saturated carbocycles. The molecule has 0 atom stereocenters.